The zero-order valence-corrected chi connectivity index (χ0v) is 10.4. The summed E-state index contributed by atoms with van der Waals surface area (Å²) in [5.74, 6) is -0.0460. The normalized spacial score (nSPS) is 15.7. The Kier molecular flexibility index (Phi) is 3.65. The molecule has 100 valence electrons. The molecule has 7 heteroatoms. The molecule has 0 bridgehead atoms. The zero-order chi connectivity index (χ0) is 13.8. The number of nitrogens with two attached hydrogens (primary N) is 3. The third-order valence-corrected chi connectivity index (χ3v) is 2.70. The molecule has 0 spiro atoms. The van der Waals surface area contributed by atoms with Crippen LogP contribution in [0, 0.1) is 0 Å². The number of guanidine groups is 2. The van der Waals surface area contributed by atoms with E-state index in [2.05, 4.69) is 9.98 Å². The van der Waals surface area contributed by atoms with Gasteiger partial charge in [-0.05, 0) is 24.6 Å². The van der Waals surface area contributed by atoms with Crippen LogP contribution in [0.15, 0.2) is 34.3 Å². The average Bonchev–Trinajstić information content (AvgIpc) is 2.74. The van der Waals surface area contributed by atoms with Gasteiger partial charge >= 0.3 is 0 Å². The zero-order valence-electron chi connectivity index (χ0n) is 10.4. The van der Waals surface area contributed by atoms with Crippen LogP contribution in [0.4, 0.5) is 11.4 Å². The lowest BCUT2D eigenvalue weighted by Crippen LogP contribution is -2.26. The molecular weight excluding hydrogens is 244 g/mol. The van der Waals surface area contributed by atoms with Gasteiger partial charge in [0.2, 0.25) is 11.9 Å². The Morgan fingerprint density at radius 3 is 2.68 bits per heavy atom. The second-order valence-electron chi connectivity index (χ2n) is 4.18. The molecule has 0 unspecified atom stereocenters. The van der Waals surface area contributed by atoms with Gasteiger partial charge in [0.1, 0.15) is 0 Å². The lowest BCUT2D eigenvalue weighted by Gasteiger charge is -2.15. The quantitative estimate of drug-likeness (QED) is 0.512. The smallest absolute Gasteiger partial charge is 0.227 e. The molecule has 0 aromatic heterocycles. The molecule has 6 N–H and O–H groups in total. The fraction of sp³-hybridized carbons (Fsp3) is 0.250. The minimum absolute atomic E-state index is 0.0232. The van der Waals surface area contributed by atoms with Crippen molar-refractivity contribution in [2.75, 3.05) is 11.4 Å². The fourth-order valence-electron chi connectivity index (χ4n) is 1.94. The van der Waals surface area contributed by atoms with Crippen molar-refractivity contribution in [2.24, 2.45) is 27.2 Å². The summed E-state index contributed by atoms with van der Waals surface area (Å²) in [7, 11) is 0. The Bertz CT molecular complexity index is 547. The number of amides is 1. The Balaban J connectivity index is 2.25. The maximum Gasteiger partial charge on any atom is 0.227 e. The van der Waals surface area contributed by atoms with Gasteiger partial charge in [0.15, 0.2) is 5.96 Å². The number of benzene rings is 1. The first-order valence-electron chi connectivity index (χ1n) is 5.90. The Labute approximate surface area is 110 Å². The van der Waals surface area contributed by atoms with E-state index in [1.165, 1.54) is 0 Å². The predicted molar refractivity (Wildman–Crippen MR) is 75.1 cm³/mol. The van der Waals surface area contributed by atoms with Crippen LogP contribution in [-0.4, -0.2) is 24.4 Å². The van der Waals surface area contributed by atoms with E-state index in [-0.39, 0.29) is 17.8 Å². The highest BCUT2D eigenvalue weighted by Gasteiger charge is 2.21. The number of rotatable bonds is 2. The van der Waals surface area contributed by atoms with Crippen LogP contribution < -0.4 is 22.1 Å². The standard InChI is InChI=1S/C12H16N6O/c13-11(14)17-12(15)16-8-3-1-4-9(7-8)18-6-2-5-10(18)19/h1,3-4,7H,2,5-6H2,(H6,13,14,15,16,17). The van der Waals surface area contributed by atoms with Crippen molar-refractivity contribution >= 4 is 29.2 Å². The van der Waals surface area contributed by atoms with E-state index in [1.807, 2.05) is 12.1 Å². The van der Waals surface area contributed by atoms with E-state index < -0.39 is 0 Å². The van der Waals surface area contributed by atoms with Crippen molar-refractivity contribution in [3.05, 3.63) is 24.3 Å². The third kappa shape index (κ3) is 3.21. The molecule has 1 aromatic carbocycles. The van der Waals surface area contributed by atoms with Crippen LogP contribution in [0.5, 0.6) is 0 Å². The van der Waals surface area contributed by atoms with Gasteiger partial charge in [0.05, 0.1) is 5.69 Å². The molecule has 0 radical (unpaired) electrons. The molecule has 2 rings (SSSR count). The van der Waals surface area contributed by atoms with Crippen molar-refractivity contribution in [1.29, 1.82) is 0 Å². The summed E-state index contributed by atoms with van der Waals surface area (Å²) >= 11 is 0. The summed E-state index contributed by atoms with van der Waals surface area (Å²) in [6, 6.07) is 7.21. The van der Waals surface area contributed by atoms with E-state index in [9.17, 15) is 4.79 Å². The van der Waals surface area contributed by atoms with Crippen LogP contribution in [0.25, 0.3) is 0 Å². The predicted octanol–water partition coefficient (Wildman–Crippen LogP) is 0.0330. The van der Waals surface area contributed by atoms with Gasteiger partial charge in [-0.2, -0.15) is 4.99 Å². The first kappa shape index (κ1) is 12.9. The summed E-state index contributed by atoms with van der Waals surface area (Å²) in [4.78, 5) is 21.1. The summed E-state index contributed by atoms with van der Waals surface area (Å²) in [6.07, 6.45) is 1.46. The molecular formula is C12H16N6O. The Morgan fingerprint density at radius 2 is 2.05 bits per heavy atom. The highest BCUT2D eigenvalue weighted by atomic mass is 16.2. The van der Waals surface area contributed by atoms with Gasteiger partial charge in [-0.1, -0.05) is 6.07 Å². The second-order valence-corrected chi connectivity index (χ2v) is 4.18. The van der Waals surface area contributed by atoms with Crippen LogP contribution in [-0.2, 0) is 4.79 Å². The molecule has 0 aliphatic carbocycles. The Morgan fingerprint density at radius 1 is 1.26 bits per heavy atom. The van der Waals surface area contributed by atoms with E-state index >= 15 is 0 Å². The number of hydrogen-bond acceptors (Lipinski definition) is 2. The van der Waals surface area contributed by atoms with Crippen LogP contribution >= 0.6 is 0 Å². The van der Waals surface area contributed by atoms with Crippen molar-refractivity contribution in [1.82, 2.24) is 0 Å². The lowest BCUT2D eigenvalue weighted by atomic mass is 10.2. The van der Waals surface area contributed by atoms with Crippen LogP contribution in [0.3, 0.4) is 0 Å². The molecule has 1 amide bonds. The Hall–Kier alpha value is -2.57. The van der Waals surface area contributed by atoms with E-state index in [0.717, 1.165) is 18.7 Å². The van der Waals surface area contributed by atoms with E-state index in [0.29, 0.717) is 12.1 Å². The average molecular weight is 260 g/mol. The minimum atomic E-state index is -0.146. The molecule has 1 aliphatic heterocycles. The van der Waals surface area contributed by atoms with Gasteiger partial charge in [0.25, 0.3) is 0 Å². The summed E-state index contributed by atoms with van der Waals surface area (Å²) < 4.78 is 0. The molecule has 1 heterocycles. The lowest BCUT2D eigenvalue weighted by molar-refractivity contribution is -0.117. The number of aliphatic imine (C=N–C) groups is 2. The number of carbonyl (C=O) groups excluding carboxylic acids is 1. The maximum absolute atomic E-state index is 11.7. The van der Waals surface area contributed by atoms with E-state index in [4.69, 9.17) is 17.2 Å². The topological polar surface area (TPSA) is 123 Å². The van der Waals surface area contributed by atoms with Crippen molar-refractivity contribution in [3.8, 4) is 0 Å². The largest absolute Gasteiger partial charge is 0.370 e. The SMILES string of the molecule is NC(N)=NC(N)=Nc1cccc(N2CCCC2=O)c1. The van der Waals surface area contributed by atoms with Gasteiger partial charge < -0.3 is 22.1 Å². The molecule has 0 atom stereocenters. The van der Waals surface area contributed by atoms with Gasteiger partial charge in [-0.25, -0.2) is 4.99 Å². The van der Waals surface area contributed by atoms with Crippen LogP contribution in [0.1, 0.15) is 12.8 Å². The molecule has 1 fully saturated rings. The summed E-state index contributed by atoms with van der Waals surface area (Å²) in [5, 5.41) is 0. The molecule has 7 nitrogen and oxygen atoms in total. The third-order valence-electron chi connectivity index (χ3n) is 2.70. The number of anilines is 1. The molecule has 1 saturated heterocycles. The highest BCUT2D eigenvalue weighted by molar-refractivity contribution is 5.96. The number of carbonyl (C=O) groups is 1. The maximum atomic E-state index is 11.7. The fourth-order valence-corrected chi connectivity index (χ4v) is 1.94. The first-order chi connectivity index (χ1) is 9.06. The van der Waals surface area contributed by atoms with Gasteiger partial charge in [-0.3, -0.25) is 4.79 Å². The van der Waals surface area contributed by atoms with Crippen LogP contribution in [0.2, 0.25) is 0 Å². The minimum Gasteiger partial charge on any atom is -0.370 e. The second kappa shape index (κ2) is 5.38. The molecule has 0 saturated carbocycles. The highest BCUT2D eigenvalue weighted by Crippen LogP contribution is 2.25. The monoisotopic (exact) mass is 260 g/mol. The van der Waals surface area contributed by atoms with Crippen molar-refractivity contribution < 1.29 is 4.79 Å². The van der Waals surface area contributed by atoms with Gasteiger partial charge in [0, 0.05) is 18.7 Å². The van der Waals surface area contributed by atoms with Crippen molar-refractivity contribution in [3.63, 3.8) is 0 Å². The summed E-state index contributed by atoms with van der Waals surface area (Å²) in [6.45, 7) is 0.732. The molecule has 1 aromatic rings. The molecule has 1 aliphatic rings. The number of hydrogen-bond donors (Lipinski definition) is 3. The van der Waals surface area contributed by atoms with Gasteiger partial charge in [-0.15, -0.1) is 0 Å². The molecule has 19 heavy (non-hydrogen) atoms. The van der Waals surface area contributed by atoms with Crippen molar-refractivity contribution in [2.45, 2.75) is 12.8 Å². The van der Waals surface area contributed by atoms with E-state index in [1.54, 1.807) is 17.0 Å². The summed E-state index contributed by atoms with van der Waals surface area (Å²) in [5.41, 5.74) is 17.4. The first-order valence-corrected chi connectivity index (χ1v) is 5.90. The number of nitrogens with zero attached hydrogens (tertiary/aromatic N) is 3.